The molecule has 0 aliphatic heterocycles. The summed E-state index contributed by atoms with van der Waals surface area (Å²) in [4.78, 5) is 15.0. The van der Waals surface area contributed by atoms with Crippen LogP contribution in [0.1, 0.15) is 10.5 Å². The largest absolute Gasteiger partial charge is 0.451 e. The Morgan fingerprint density at radius 1 is 1.31 bits per heavy atom. The molecule has 0 atom stereocenters. The van der Waals surface area contributed by atoms with Gasteiger partial charge < -0.3 is 9.73 Å². The average molecular weight is 224 g/mol. The highest BCUT2D eigenvalue weighted by Crippen LogP contribution is 2.18. The molecule has 1 amide bonds. The van der Waals surface area contributed by atoms with Gasteiger partial charge in [0.1, 0.15) is 23.6 Å². The number of para-hydroxylation sites is 1. The van der Waals surface area contributed by atoms with Crippen molar-refractivity contribution in [3.05, 3.63) is 48.2 Å². The highest BCUT2D eigenvalue weighted by atomic mass is 19.1. The molecule has 2 aromatic rings. The zero-order valence-electron chi connectivity index (χ0n) is 7.91. The highest BCUT2D eigenvalue weighted by molar-refractivity contribution is 6.02. The van der Waals surface area contributed by atoms with E-state index in [1.807, 2.05) is 0 Å². The normalized spacial score (nSPS) is 10.1. The van der Waals surface area contributed by atoms with Gasteiger partial charge >= 0.3 is 0 Å². The van der Waals surface area contributed by atoms with Crippen LogP contribution in [0.3, 0.4) is 0 Å². The number of nitrogens with one attached hydrogen (secondary N) is 1. The lowest BCUT2D eigenvalue weighted by Gasteiger charge is -2.04. The third-order valence-corrected chi connectivity index (χ3v) is 1.87. The average Bonchev–Trinajstić information content (AvgIpc) is 2.76. The molecule has 0 radical (unpaired) electrons. The van der Waals surface area contributed by atoms with Gasteiger partial charge in [-0.3, -0.25) is 4.79 Å². The van der Waals surface area contributed by atoms with Crippen LogP contribution in [0.15, 0.2) is 35.3 Å². The van der Waals surface area contributed by atoms with Crippen molar-refractivity contribution in [2.45, 2.75) is 0 Å². The molecular formula is C10H6F2N2O2. The summed E-state index contributed by atoms with van der Waals surface area (Å²) >= 11 is 0. The summed E-state index contributed by atoms with van der Waals surface area (Å²) in [6.07, 6.45) is 2.13. The molecule has 6 heteroatoms. The smallest absolute Gasteiger partial charge is 0.277 e. The van der Waals surface area contributed by atoms with Crippen LogP contribution in [0.5, 0.6) is 0 Å². The van der Waals surface area contributed by atoms with Gasteiger partial charge in [0, 0.05) is 0 Å². The van der Waals surface area contributed by atoms with Gasteiger partial charge in [-0.15, -0.1) is 0 Å². The number of rotatable bonds is 2. The fourth-order valence-corrected chi connectivity index (χ4v) is 1.12. The van der Waals surface area contributed by atoms with Crippen LogP contribution in [0, 0.1) is 11.6 Å². The van der Waals surface area contributed by atoms with Crippen LogP contribution in [0.4, 0.5) is 14.5 Å². The van der Waals surface area contributed by atoms with E-state index in [4.69, 9.17) is 0 Å². The van der Waals surface area contributed by atoms with E-state index in [0.29, 0.717) is 0 Å². The predicted molar refractivity (Wildman–Crippen MR) is 50.8 cm³/mol. The summed E-state index contributed by atoms with van der Waals surface area (Å²) in [5.41, 5.74) is -0.557. The lowest BCUT2D eigenvalue weighted by molar-refractivity contribution is 0.102. The van der Waals surface area contributed by atoms with Crippen LogP contribution >= 0.6 is 0 Å². The van der Waals surface area contributed by atoms with Gasteiger partial charge in [-0.1, -0.05) is 6.07 Å². The van der Waals surface area contributed by atoms with Gasteiger partial charge in [0.15, 0.2) is 12.1 Å². The standard InChI is InChI=1S/C10H6F2N2O2/c11-6-2-1-3-7(12)9(6)14-10(15)8-4-16-5-13-8/h1-5H,(H,14,15). The van der Waals surface area contributed by atoms with E-state index in [1.165, 1.54) is 6.07 Å². The fourth-order valence-electron chi connectivity index (χ4n) is 1.12. The zero-order chi connectivity index (χ0) is 11.5. The zero-order valence-corrected chi connectivity index (χ0v) is 7.91. The number of carbonyl (C=O) groups is 1. The van der Waals surface area contributed by atoms with E-state index < -0.39 is 23.2 Å². The van der Waals surface area contributed by atoms with Crippen LogP contribution in [-0.4, -0.2) is 10.9 Å². The molecule has 4 nitrogen and oxygen atoms in total. The minimum atomic E-state index is -0.850. The first kappa shape index (κ1) is 10.3. The molecule has 2 rings (SSSR count). The molecule has 0 fully saturated rings. The third-order valence-electron chi connectivity index (χ3n) is 1.87. The molecule has 0 spiro atoms. The number of nitrogens with zero attached hydrogens (tertiary/aromatic N) is 1. The maximum absolute atomic E-state index is 13.2. The van der Waals surface area contributed by atoms with Crippen LogP contribution in [-0.2, 0) is 0 Å². The summed E-state index contributed by atoms with van der Waals surface area (Å²) in [6.45, 7) is 0. The summed E-state index contributed by atoms with van der Waals surface area (Å²) in [5.74, 6) is -2.44. The maximum atomic E-state index is 13.2. The van der Waals surface area contributed by atoms with Crippen molar-refractivity contribution in [3.63, 3.8) is 0 Å². The molecule has 16 heavy (non-hydrogen) atoms. The molecule has 1 aromatic carbocycles. The summed E-state index contributed by atoms with van der Waals surface area (Å²) < 4.78 is 30.9. The summed E-state index contributed by atoms with van der Waals surface area (Å²) in [6, 6.07) is 3.29. The maximum Gasteiger partial charge on any atom is 0.277 e. The van der Waals surface area contributed by atoms with Crippen molar-refractivity contribution in [2.24, 2.45) is 0 Å². The van der Waals surface area contributed by atoms with Crippen molar-refractivity contribution in [2.75, 3.05) is 5.32 Å². The second kappa shape index (κ2) is 4.09. The van der Waals surface area contributed by atoms with Gasteiger partial charge in [-0.05, 0) is 12.1 Å². The molecule has 1 N–H and O–H groups in total. The number of benzene rings is 1. The number of halogens is 2. The van der Waals surface area contributed by atoms with Gasteiger partial charge in [0.2, 0.25) is 0 Å². The lowest BCUT2D eigenvalue weighted by Crippen LogP contribution is -2.14. The lowest BCUT2D eigenvalue weighted by atomic mass is 10.3. The van der Waals surface area contributed by atoms with Crippen LogP contribution in [0.25, 0.3) is 0 Å². The highest BCUT2D eigenvalue weighted by Gasteiger charge is 2.14. The van der Waals surface area contributed by atoms with Gasteiger partial charge in [0.05, 0.1) is 0 Å². The second-order valence-electron chi connectivity index (χ2n) is 2.92. The number of aromatic nitrogens is 1. The quantitative estimate of drug-likeness (QED) is 0.850. The van der Waals surface area contributed by atoms with E-state index in [1.54, 1.807) is 0 Å². The Hall–Kier alpha value is -2.24. The molecule has 0 bridgehead atoms. The van der Waals surface area contributed by atoms with Gasteiger partial charge in [-0.25, -0.2) is 13.8 Å². The molecule has 0 saturated carbocycles. The molecular weight excluding hydrogens is 218 g/mol. The van der Waals surface area contributed by atoms with Gasteiger partial charge in [-0.2, -0.15) is 0 Å². The molecule has 0 aliphatic rings. The van der Waals surface area contributed by atoms with Crippen molar-refractivity contribution in [3.8, 4) is 0 Å². The first-order chi connectivity index (χ1) is 7.68. The van der Waals surface area contributed by atoms with E-state index in [2.05, 4.69) is 14.7 Å². The van der Waals surface area contributed by atoms with Crippen molar-refractivity contribution < 1.29 is 18.0 Å². The molecule has 0 unspecified atom stereocenters. The number of oxazole rings is 1. The van der Waals surface area contributed by atoms with E-state index in [-0.39, 0.29) is 5.69 Å². The van der Waals surface area contributed by atoms with Gasteiger partial charge in [0.25, 0.3) is 5.91 Å². The fraction of sp³-hybridized carbons (Fsp3) is 0. The Balaban J connectivity index is 2.25. The summed E-state index contributed by atoms with van der Waals surface area (Å²) in [7, 11) is 0. The Bertz CT molecular complexity index is 491. The van der Waals surface area contributed by atoms with Crippen molar-refractivity contribution in [1.29, 1.82) is 0 Å². The topological polar surface area (TPSA) is 55.1 Å². The van der Waals surface area contributed by atoms with Crippen molar-refractivity contribution >= 4 is 11.6 Å². The first-order valence-electron chi connectivity index (χ1n) is 4.32. The monoisotopic (exact) mass is 224 g/mol. The SMILES string of the molecule is O=C(Nc1c(F)cccc1F)c1cocn1. The molecule has 1 heterocycles. The minimum absolute atomic E-state index is 0.0531. The van der Waals surface area contributed by atoms with E-state index >= 15 is 0 Å². The Kier molecular flexibility index (Phi) is 2.63. The Labute approximate surface area is 88.9 Å². The number of amides is 1. The van der Waals surface area contributed by atoms with E-state index in [0.717, 1.165) is 24.8 Å². The van der Waals surface area contributed by atoms with Crippen LogP contribution in [0.2, 0.25) is 0 Å². The minimum Gasteiger partial charge on any atom is -0.451 e. The molecule has 82 valence electrons. The Morgan fingerprint density at radius 2 is 2.00 bits per heavy atom. The second-order valence-corrected chi connectivity index (χ2v) is 2.92. The Morgan fingerprint density at radius 3 is 2.56 bits per heavy atom. The molecule has 0 saturated heterocycles. The van der Waals surface area contributed by atoms with Crippen LogP contribution < -0.4 is 5.32 Å². The number of hydrogen-bond donors (Lipinski definition) is 1. The number of anilines is 1. The van der Waals surface area contributed by atoms with E-state index in [9.17, 15) is 13.6 Å². The summed E-state index contributed by atoms with van der Waals surface area (Å²) in [5, 5.41) is 2.07. The number of carbonyl (C=O) groups excluding carboxylic acids is 1. The molecule has 1 aromatic heterocycles. The molecule has 0 aliphatic carbocycles. The predicted octanol–water partition coefficient (Wildman–Crippen LogP) is 2.21. The first-order valence-corrected chi connectivity index (χ1v) is 4.32. The van der Waals surface area contributed by atoms with Crippen molar-refractivity contribution in [1.82, 2.24) is 4.98 Å². The number of hydrogen-bond acceptors (Lipinski definition) is 3. The third kappa shape index (κ3) is 1.90.